The molecule has 1 saturated heterocycles. The molecule has 5 amide bonds. The van der Waals surface area contributed by atoms with Crippen LogP contribution < -0.4 is 19.9 Å². The van der Waals surface area contributed by atoms with Gasteiger partial charge in [-0.15, -0.1) is 0 Å². The summed E-state index contributed by atoms with van der Waals surface area (Å²) in [7, 11) is 0. The van der Waals surface area contributed by atoms with Gasteiger partial charge in [-0.25, -0.2) is 4.79 Å². The molecule has 2 aliphatic carbocycles. The standard InChI is InChI=1S/C44H47ClN4O5/c1-30-17-23-37(24-18-30)48-41(43(52)49(44(48)53)35-15-9-4-10-16-35)32-19-25-36(26-20-32)47(39(50)29-54-38-27-21-33(45)22-28-38)40(31-11-5-2-6-12-31)42(51)46-34-13-7-3-8-14-34/h2,5-6,11-12,17-28,34-35,40-41H,3-4,7-10,13-16,29H2,1H3,(H,46,51). The fourth-order valence-corrected chi connectivity index (χ4v) is 8.20. The number of amides is 5. The van der Waals surface area contributed by atoms with Crippen LogP contribution >= 0.6 is 11.6 Å². The van der Waals surface area contributed by atoms with Gasteiger partial charge in [-0.1, -0.05) is 110 Å². The normalized spacial score (nSPS) is 18.7. The van der Waals surface area contributed by atoms with Gasteiger partial charge in [-0.05, 0) is 92.3 Å². The van der Waals surface area contributed by atoms with Crippen LogP contribution in [0.2, 0.25) is 5.02 Å². The molecule has 9 nitrogen and oxygen atoms in total. The third-order valence-corrected chi connectivity index (χ3v) is 11.2. The summed E-state index contributed by atoms with van der Waals surface area (Å²) in [6, 6.07) is 28.4. The molecule has 0 bridgehead atoms. The Hall–Kier alpha value is -5.15. The SMILES string of the molecule is Cc1ccc(N2C(=O)N(C3CCCCC3)C(=O)C2c2ccc(N(C(=O)COc3ccc(Cl)cc3)C(C(=O)NC3CCCCC3)c3ccccc3)cc2)cc1. The van der Waals surface area contributed by atoms with Gasteiger partial charge in [0.2, 0.25) is 5.91 Å². The number of anilines is 2. The number of imide groups is 1. The molecular weight excluding hydrogens is 700 g/mol. The third kappa shape index (κ3) is 8.16. The predicted molar refractivity (Wildman–Crippen MR) is 211 cm³/mol. The molecule has 4 aromatic carbocycles. The number of hydrogen-bond donors (Lipinski definition) is 1. The number of ether oxygens (including phenoxy) is 1. The molecule has 0 aromatic heterocycles. The van der Waals surface area contributed by atoms with Crippen molar-refractivity contribution in [1.82, 2.24) is 10.2 Å². The molecule has 0 radical (unpaired) electrons. The molecule has 54 heavy (non-hydrogen) atoms. The molecule has 2 atom stereocenters. The van der Waals surface area contributed by atoms with Crippen LogP contribution in [-0.2, 0) is 14.4 Å². The van der Waals surface area contributed by atoms with Crippen molar-refractivity contribution in [1.29, 1.82) is 0 Å². The van der Waals surface area contributed by atoms with E-state index in [2.05, 4.69) is 5.32 Å². The highest BCUT2D eigenvalue weighted by molar-refractivity contribution is 6.30. The molecule has 1 N–H and O–H groups in total. The van der Waals surface area contributed by atoms with E-state index in [9.17, 15) is 19.2 Å². The number of nitrogens with one attached hydrogen (secondary N) is 1. The molecule has 1 aliphatic heterocycles. The summed E-state index contributed by atoms with van der Waals surface area (Å²) in [5, 5.41) is 3.80. The van der Waals surface area contributed by atoms with E-state index in [1.807, 2.05) is 61.5 Å². The van der Waals surface area contributed by atoms with Crippen molar-refractivity contribution in [3.63, 3.8) is 0 Å². The van der Waals surface area contributed by atoms with Crippen LogP contribution in [0, 0.1) is 6.92 Å². The van der Waals surface area contributed by atoms with Crippen molar-refractivity contribution < 1.29 is 23.9 Å². The summed E-state index contributed by atoms with van der Waals surface area (Å²) in [5.74, 6) is -0.489. The number of hydrogen-bond acceptors (Lipinski definition) is 5. The maximum absolute atomic E-state index is 14.4. The van der Waals surface area contributed by atoms with Crippen LogP contribution in [0.3, 0.4) is 0 Å². The lowest BCUT2D eigenvalue weighted by Crippen LogP contribution is -2.48. The van der Waals surface area contributed by atoms with Crippen LogP contribution in [0.5, 0.6) is 5.75 Å². The first-order valence-electron chi connectivity index (χ1n) is 19.2. The minimum Gasteiger partial charge on any atom is -0.484 e. The summed E-state index contributed by atoms with van der Waals surface area (Å²) in [5.41, 5.74) is 3.42. The Labute approximate surface area is 322 Å². The Morgan fingerprint density at radius 2 is 1.41 bits per heavy atom. The largest absolute Gasteiger partial charge is 0.484 e. The predicted octanol–water partition coefficient (Wildman–Crippen LogP) is 9.09. The molecule has 2 unspecified atom stereocenters. The van der Waals surface area contributed by atoms with E-state index in [4.69, 9.17) is 16.3 Å². The number of nitrogens with zero attached hydrogens (tertiary/aromatic N) is 3. The molecule has 3 aliphatic rings. The summed E-state index contributed by atoms with van der Waals surface area (Å²) in [4.78, 5) is 61.8. The summed E-state index contributed by atoms with van der Waals surface area (Å²) in [6.07, 6.45) is 9.65. The number of urea groups is 1. The van der Waals surface area contributed by atoms with E-state index in [0.29, 0.717) is 33.3 Å². The average molecular weight is 747 g/mol. The Morgan fingerprint density at radius 1 is 0.778 bits per heavy atom. The average Bonchev–Trinajstić information content (AvgIpc) is 3.46. The molecule has 0 spiro atoms. The Balaban J connectivity index is 1.25. The first-order chi connectivity index (χ1) is 26.3. The second kappa shape index (κ2) is 16.9. The maximum atomic E-state index is 14.4. The fourth-order valence-electron chi connectivity index (χ4n) is 8.07. The number of benzene rings is 4. The highest BCUT2D eigenvalue weighted by atomic mass is 35.5. The van der Waals surface area contributed by atoms with Crippen LogP contribution in [0.15, 0.2) is 103 Å². The zero-order valence-electron chi connectivity index (χ0n) is 30.7. The molecule has 4 aromatic rings. The van der Waals surface area contributed by atoms with Gasteiger partial charge in [-0.3, -0.25) is 29.1 Å². The lowest BCUT2D eigenvalue weighted by molar-refractivity contribution is -0.129. The lowest BCUT2D eigenvalue weighted by Gasteiger charge is -2.33. The van der Waals surface area contributed by atoms with Crippen molar-refractivity contribution in [2.75, 3.05) is 16.4 Å². The van der Waals surface area contributed by atoms with Gasteiger partial charge in [0.15, 0.2) is 6.61 Å². The molecule has 3 fully saturated rings. The fraction of sp³-hybridized carbons (Fsp3) is 0.364. The van der Waals surface area contributed by atoms with Gasteiger partial charge >= 0.3 is 6.03 Å². The van der Waals surface area contributed by atoms with Crippen molar-refractivity contribution in [2.45, 2.75) is 95.3 Å². The minimum absolute atomic E-state index is 0.0212. The highest BCUT2D eigenvalue weighted by Gasteiger charge is 2.49. The second-order valence-electron chi connectivity index (χ2n) is 14.6. The molecular formula is C44H47ClN4O5. The topological polar surface area (TPSA) is 99.3 Å². The molecule has 1 heterocycles. The van der Waals surface area contributed by atoms with E-state index in [-0.39, 0.29) is 36.5 Å². The molecule has 7 rings (SSSR count). The Kier molecular flexibility index (Phi) is 11.6. The van der Waals surface area contributed by atoms with Crippen molar-refractivity contribution >= 4 is 46.7 Å². The van der Waals surface area contributed by atoms with Crippen LogP contribution in [0.4, 0.5) is 16.2 Å². The second-order valence-corrected chi connectivity index (χ2v) is 15.1. The summed E-state index contributed by atoms with van der Waals surface area (Å²) in [6.45, 7) is 1.65. The van der Waals surface area contributed by atoms with Crippen LogP contribution in [0.25, 0.3) is 0 Å². The first kappa shape index (κ1) is 37.2. The monoisotopic (exact) mass is 746 g/mol. The van der Waals surface area contributed by atoms with Crippen molar-refractivity contribution in [3.8, 4) is 5.75 Å². The third-order valence-electron chi connectivity index (χ3n) is 10.9. The van der Waals surface area contributed by atoms with Crippen LogP contribution in [-0.4, -0.2) is 47.3 Å². The molecule has 280 valence electrons. The number of carbonyl (C=O) groups is 4. The Bertz CT molecular complexity index is 1920. The number of rotatable bonds is 11. The maximum Gasteiger partial charge on any atom is 0.332 e. The van der Waals surface area contributed by atoms with E-state index in [1.54, 1.807) is 53.4 Å². The van der Waals surface area contributed by atoms with E-state index in [1.165, 1.54) is 9.80 Å². The summed E-state index contributed by atoms with van der Waals surface area (Å²) >= 11 is 6.08. The number of aryl methyl sites for hydroxylation is 1. The number of halogens is 1. The quantitative estimate of drug-likeness (QED) is 0.155. The van der Waals surface area contributed by atoms with Gasteiger partial charge < -0.3 is 10.1 Å². The zero-order chi connectivity index (χ0) is 37.6. The smallest absolute Gasteiger partial charge is 0.332 e. The van der Waals surface area contributed by atoms with Gasteiger partial charge in [0.1, 0.15) is 17.8 Å². The van der Waals surface area contributed by atoms with Gasteiger partial charge in [0, 0.05) is 28.5 Å². The lowest BCUT2D eigenvalue weighted by atomic mass is 9.94. The minimum atomic E-state index is -0.999. The van der Waals surface area contributed by atoms with Gasteiger partial charge in [0.25, 0.3) is 11.8 Å². The highest BCUT2D eigenvalue weighted by Crippen LogP contribution is 2.40. The van der Waals surface area contributed by atoms with Crippen molar-refractivity contribution in [2.24, 2.45) is 0 Å². The molecule has 2 saturated carbocycles. The van der Waals surface area contributed by atoms with Gasteiger partial charge in [0.05, 0.1) is 0 Å². The number of carbonyl (C=O) groups excluding carboxylic acids is 4. The first-order valence-corrected chi connectivity index (χ1v) is 19.5. The van der Waals surface area contributed by atoms with E-state index in [0.717, 1.165) is 69.8 Å². The summed E-state index contributed by atoms with van der Waals surface area (Å²) < 4.78 is 5.94. The Morgan fingerprint density at radius 3 is 2.06 bits per heavy atom. The van der Waals surface area contributed by atoms with E-state index < -0.39 is 18.0 Å². The van der Waals surface area contributed by atoms with Crippen LogP contribution in [0.1, 0.15) is 93.0 Å². The van der Waals surface area contributed by atoms with Gasteiger partial charge in [-0.2, -0.15) is 0 Å². The zero-order valence-corrected chi connectivity index (χ0v) is 31.4. The van der Waals surface area contributed by atoms with E-state index >= 15 is 0 Å². The molecule has 10 heteroatoms. The van der Waals surface area contributed by atoms with Crippen molar-refractivity contribution in [3.05, 3.63) is 125 Å².